The molecule has 0 aliphatic rings. The normalized spacial score (nSPS) is 11.5. The minimum atomic E-state index is -0.742. The quantitative estimate of drug-likeness (QED) is 0.654. The largest absolute Gasteiger partial charge is 0.394 e. The molecule has 0 fully saturated rings. The third kappa shape index (κ3) is 2.87. The van der Waals surface area contributed by atoms with Crippen LogP contribution >= 0.6 is 0 Å². The molecular formula is C10H17N3O2. The van der Waals surface area contributed by atoms with Gasteiger partial charge in [0.05, 0.1) is 18.8 Å². The predicted octanol–water partition coefficient (Wildman–Crippen LogP) is 0.330. The van der Waals surface area contributed by atoms with Crippen LogP contribution in [0.15, 0.2) is 12.3 Å². The highest BCUT2D eigenvalue weighted by molar-refractivity contribution is 5.30. The van der Waals surface area contributed by atoms with Gasteiger partial charge in [0, 0.05) is 11.9 Å². The molecular weight excluding hydrogens is 194 g/mol. The lowest BCUT2D eigenvalue weighted by atomic mass is 9.99. The maximum absolute atomic E-state index is 9.23. The number of aliphatic hydroxyl groups is 2. The summed E-state index contributed by atoms with van der Waals surface area (Å²) in [6, 6.07) is 1.79. The van der Waals surface area contributed by atoms with E-state index in [1.165, 1.54) is 0 Å². The van der Waals surface area contributed by atoms with E-state index in [4.69, 9.17) is 0 Å². The minimum absolute atomic E-state index is 0.155. The average Bonchev–Trinajstić information content (AvgIpc) is 2.26. The monoisotopic (exact) mass is 211 g/mol. The number of aryl methyl sites for hydroxylation is 1. The van der Waals surface area contributed by atoms with Crippen LogP contribution in [0, 0.1) is 6.92 Å². The molecule has 0 unspecified atom stereocenters. The maximum Gasteiger partial charge on any atom is 0.223 e. The molecule has 5 heteroatoms. The molecule has 0 aliphatic heterocycles. The van der Waals surface area contributed by atoms with E-state index in [9.17, 15) is 10.2 Å². The van der Waals surface area contributed by atoms with Crippen LogP contribution in [0.3, 0.4) is 0 Å². The first-order chi connectivity index (χ1) is 7.15. The van der Waals surface area contributed by atoms with E-state index in [1.807, 2.05) is 13.8 Å². The van der Waals surface area contributed by atoms with Crippen LogP contribution in [0.4, 0.5) is 5.95 Å². The van der Waals surface area contributed by atoms with E-state index in [2.05, 4.69) is 15.3 Å². The van der Waals surface area contributed by atoms with Gasteiger partial charge >= 0.3 is 0 Å². The third-order valence-electron chi connectivity index (χ3n) is 2.45. The van der Waals surface area contributed by atoms with Gasteiger partial charge in [-0.05, 0) is 19.4 Å². The van der Waals surface area contributed by atoms with Crippen molar-refractivity contribution >= 4 is 5.95 Å². The Balaban J connectivity index is 2.82. The van der Waals surface area contributed by atoms with Crippen LogP contribution in [0.2, 0.25) is 0 Å². The number of aliphatic hydroxyl groups excluding tert-OH is 2. The fourth-order valence-electron chi connectivity index (χ4n) is 1.19. The second-order valence-electron chi connectivity index (χ2n) is 3.60. The first-order valence-corrected chi connectivity index (χ1v) is 4.95. The summed E-state index contributed by atoms with van der Waals surface area (Å²) in [5, 5.41) is 21.4. The third-order valence-corrected chi connectivity index (χ3v) is 2.45. The Hall–Kier alpha value is -1.20. The number of nitrogens with zero attached hydrogens (tertiary/aromatic N) is 2. The van der Waals surface area contributed by atoms with Crippen molar-refractivity contribution in [1.29, 1.82) is 0 Å². The summed E-state index contributed by atoms with van der Waals surface area (Å²) in [4.78, 5) is 8.18. The van der Waals surface area contributed by atoms with Crippen LogP contribution in [-0.2, 0) is 0 Å². The zero-order chi connectivity index (χ0) is 11.3. The summed E-state index contributed by atoms with van der Waals surface area (Å²) >= 11 is 0. The highest BCUT2D eigenvalue weighted by atomic mass is 16.3. The van der Waals surface area contributed by atoms with Crippen molar-refractivity contribution in [1.82, 2.24) is 9.97 Å². The minimum Gasteiger partial charge on any atom is -0.394 e. The second-order valence-corrected chi connectivity index (χ2v) is 3.60. The fraction of sp³-hybridized carbons (Fsp3) is 0.600. The molecule has 0 aliphatic carbocycles. The molecule has 1 rings (SSSR count). The van der Waals surface area contributed by atoms with Crippen LogP contribution in [0.25, 0.3) is 0 Å². The zero-order valence-electron chi connectivity index (χ0n) is 9.06. The van der Waals surface area contributed by atoms with Gasteiger partial charge in [-0.25, -0.2) is 9.97 Å². The first-order valence-electron chi connectivity index (χ1n) is 4.95. The van der Waals surface area contributed by atoms with Crippen LogP contribution < -0.4 is 5.32 Å². The van der Waals surface area contributed by atoms with Gasteiger partial charge in [-0.15, -0.1) is 0 Å². The van der Waals surface area contributed by atoms with Crippen molar-refractivity contribution in [2.75, 3.05) is 18.5 Å². The summed E-state index contributed by atoms with van der Waals surface area (Å²) in [5.41, 5.74) is 0.0988. The molecule has 0 saturated carbocycles. The summed E-state index contributed by atoms with van der Waals surface area (Å²) in [6.07, 6.45) is 2.23. The molecule has 0 amide bonds. The predicted molar refractivity (Wildman–Crippen MR) is 57.6 cm³/mol. The van der Waals surface area contributed by atoms with Gasteiger partial charge in [0.1, 0.15) is 0 Å². The Morgan fingerprint density at radius 3 is 2.53 bits per heavy atom. The summed E-state index contributed by atoms with van der Waals surface area (Å²) in [6.45, 7) is 3.43. The molecule has 0 atom stereocenters. The highest BCUT2D eigenvalue weighted by Gasteiger charge is 2.27. The SMILES string of the molecule is CCC(CO)(CO)Nc1nccc(C)n1. The molecule has 1 aromatic rings. The van der Waals surface area contributed by atoms with Crippen molar-refractivity contribution in [3.8, 4) is 0 Å². The molecule has 0 aromatic carbocycles. The molecule has 1 aromatic heterocycles. The Morgan fingerprint density at radius 2 is 2.07 bits per heavy atom. The molecule has 84 valence electrons. The van der Waals surface area contributed by atoms with Crippen molar-refractivity contribution in [3.05, 3.63) is 18.0 Å². The van der Waals surface area contributed by atoms with E-state index in [0.29, 0.717) is 12.4 Å². The number of nitrogens with one attached hydrogen (secondary N) is 1. The smallest absolute Gasteiger partial charge is 0.223 e. The standard InChI is InChI=1S/C10H17N3O2/c1-3-10(6-14,7-15)13-9-11-5-4-8(2)12-9/h4-5,14-15H,3,6-7H2,1-2H3,(H,11,12,13). The Morgan fingerprint density at radius 1 is 1.40 bits per heavy atom. The lowest BCUT2D eigenvalue weighted by molar-refractivity contribution is 0.132. The van der Waals surface area contributed by atoms with Crippen molar-refractivity contribution < 1.29 is 10.2 Å². The number of hydrogen-bond acceptors (Lipinski definition) is 5. The van der Waals surface area contributed by atoms with Gasteiger partial charge < -0.3 is 15.5 Å². The number of anilines is 1. The molecule has 0 saturated heterocycles. The Kier molecular flexibility index (Phi) is 3.99. The van der Waals surface area contributed by atoms with E-state index in [-0.39, 0.29) is 13.2 Å². The summed E-state index contributed by atoms with van der Waals surface area (Å²) < 4.78 is 0. The van der Waals surface area contributed by atoms with Crippen LogP contribution in [0.5, 0.6) is 0 Å². The Bertz CT molecular complexity index is 305. The van der Waals surface area contributed by atoms with Gasteiger partial charge in [0.2, 0.25) is 5.95 Å². The molecule has 0 spiro atoms. The van der Waals surface area contributed by atoms with Crippen molar-refractivity contribution in [2.24, 2.45) is 0 Å². The molecule has 1 heterocycles. The van der Waals surface area contributed by atoms with Crippen molar-refractivity contribution in [2.45, 2.75) is 25.8 Å². The number of rotatable bonds is 5. The second kappa shape index (κ2) is 5.04. The summed E-state index contributed by atoms with van der Waals surface area (Å²) in [5.74, 6) is 0.431. The Labute approximate surface area is 89.2 Å². The van der Waals surface area contributed by atoms with E-state index >= 15 is 0 Å². The molecule has 5 nitrogen and oxygen atoms in total. The van der Waals surface area contributed by atoms with Crippen LogP contribution in [-0.4, -0.2) is 38.9 Å². The topological polar surface area (TPSA) is 78.3 Å². The molecule has 0 bridgehead atoms. The molecule has 0 radical (unpaired) electrons. The molecule has 3 N–H and O–H groups in total. The lowest BCUT2D eigenvalue weighted by Crippen LogP contribution is -2.45. The van der Waals surface area contributed by atoms with Gasteiger partial charge in [-0.1, -0.05) is 6.92 Å². The van der Waals surface area contributed by atoms with Gasteiger partial charge in [-0.2, -0.15) is 0 Å². The van der Waals surface area contributed by atoms with E-state index in [1.54, 1.807) is 12.3 Å². The van der Waals surface area contributed by atoms with Crippen LogP contribution in [0.1, 0.15) is 19.0 Å². The van der Waals surface area contributed by atoms with Gasteiger partial charge in [0.15, 0.2) is 0 Å². The average molecular weight is 211 g/mol. The summed E-state index contributed by atoms with van der Waals surface area (Å²) in [7, 11) is 0. The number of aromatic nitrogens is 2. The maximum atomic E-state index is 9.23. The van der Waals surface area contributed by atoms with Gasteiger partial charge in [-0.3, -0.25) is 0 Å². The van der Waals surface area contributed by atoms with E-state index < -0.39 is 5.54 Å². The van der Waals surface area contributed by atoms with Gasteiger partial charge in [0.25, 0.3) is 0 Å². The van der Waals surface area contributed by atoms with E-state index in [0.717, 1.165) is 5.69 Å². The molecule has 15 heavy (non-hydrogen) atoms. The highest BCUT2D eigenvalue weighted by Crippen LogP contribution is 2.14. The fourth-order valence-corrected chi connectivity index (χ4v) is 1.19. The number of hydrogen-bond donors (Lipinski definition) is 3. The first kappa shape index (κ1) is 11.9. The lowest BCUT2D eigenvalue weighted by Gasteiger charge is -2.29. The van der Waals surface area contributed by atoms with Crippen molar-refractivity contribution in [3.63, 3.8) is 0 Å². The zero-order valence-corrected chi connectivity index (χ0v) is 9.06.